The molecule has 0 aliphatic heterocycles. The van der Waals surface area contributed by atoms with Crippen LogP contribution in [0.25, 0.3) is 0 Å². The monoisotopic (exact) mass is 231 g/mol. The fourth-order valence-corrected chi connectivity index (χ4v) is 1.59. The summed E-state index contributed by atoms with van der Waals surface area (Å²) in [5, 5.41) is 11.5. The van der Waals surface area contributed by atoms with Crippen LogP contribution in [-0.4, -0.2) is 26.3 Å². The summed E-state index contributed by atoms with van der Waals surface area (Å²) >= 11 is 0. The molecule has 0 fully saturated rings. The van der Waals surface area contributed by atoms with E-state index < -0.39 is 0 Å². The van der Waals surface area contributed by atoms with Gasteiger partial charge in [0.1, 0.15) is 11.6 Å². The van der Waals surface area contributed by atoms with E-state index in [1.54, 1.807) is 0 Å². The maximum absolute atomic E-state index is 4.10. The molecule has 0 aliphatic carbocycles. The highest BCUT2D eigenvalue weighted by Gasteiger charge is 2.03. The Hall–Kier alpha value is -1.75. The van der Waals surface area contributed by atoms with Gasteiger partial charge >= 0.3 is 0 Å². The molecule has 0 saturated carbocycles. The number of nitrogens with one attached hydrogen (secondary N) is 1. The molecular weight excluding hydrogens is 214 g/mol. The van der Waals surface area contributed by atoms with E-state index in [0.717, 1.165) is 31.2 Å². The lowest BCUT2D eigenvalue weighted by molar-refractivity contribution is 0.633. The first-order chi connectivity index (χ1) is 8.27. The molecule has 2 rings (SSSR count). The first-order valence-corrected chi connectivity index (χ1v) is 5.72. The summed E-state index contributed by atoms with van der Waals surface area (Å²) in [6.45, 7) is 3.63. The van der Waals surface area contributed by atoms with Gasteiger partial charge in [-0.05, 0) is 37.6 Å². The Morgan fingerprint density at radius 1 is 1.24 bits per heavy atom. The normalized spacial score (nSPS) is 10.7. The summed E-state index contributed by atoms with van der Waals surface area (Å²) in [5.74, 6) is 1.91. The maximum Gasteiger partial charge on any atom is 0.146 e. The van der Waals surface area contributed by atoms with Crippen LogP contribution in [0.4, 0.5) is 0 Å². The molecule has 17 heavy (non-hydrogen) atoms. The van der Waals surface area contributed by atoms with Crippen LogP contribution in [0, 0.1) is 6.92 Å². The lowest BCUT2D eigenvalue weighted by Gasteiger charge is -2.04. The minimum Gasteiger partial charge on any atom is -0.317 e. The van der Waals surface area contributed by atoms with Crippen molar-refractivity contribution in [2.24, 2.45) is 7.05 Å². The van der Waals surface area contributed by atoms with Crippen molar-refractivity contribution < 1.29 is 0 Å². The predicted molar refractivity (Wildman–Crippen MR) is 65.4 cm³/mol. The highest BCUT2D eigenvalue weighted by Crippen LogP contribution is 1.98. The van der Waals surface area contributed by atoms with Gasteiger partial charge in [0.05, 0.1) is 6.54 Å². The number of aryl methyl sites for hydroxylation is 1. The van der Waals surface area contributed by atoms with Gasteiger partial charge in [-0.1, -0.05) is 0 Å². The molecule has 2 heterocycles. The van der Waals surface area contributed by atoms with E-state index in [-0.39, 0.29) is 0 Å². The second-order valence-corrected chi connectivity index (χ2v) is 4.00. The molecule has 0 saturated heterocycles. The van der Waals surface area contributed by atoms with Crippen molar-refractivity contribution in [3.63, 3.8) is 0 Å². The number of pyridine rings is 1. The van der Waals surface area contributed by atoms with Crippen molar-refractivity contribution in [3.05, 3.63) is 41.7 Å². The molecule has 0 radical (unpaired) electrons. The van der Waals surface area contributed by atoms with Crippen LogP contribution in [-0.2, 0) is 20.0 Å². The summed E-state index contributed by atoms with van der Waals surface area (Å²) in [7, 11) is 1.98. The van der Waals surface area contributed by atoms with Crippen LogP contribution < -0.4 is 5.32 Å². The van der Waals surface area contributed by atoms with E-state index in [0.29, 0.717) is 0 Å². The van der Waals surface area contributed by atoms with Crippen molar-refractivity contribution >= 4 is 0 Å². The molecule has 90 valence electrons. The van der Waals surface area contributed by atoms with Crippen molar-refractivity contribution in [1.82, 2.24) is 25.1 Å². The fourth-order valence-electron chi connectivity index (χ4n) is 1.59. The van der Waals surface area contributed by atoms with Gasteiger partial charge in [-0.25, -0.2) is 0 Å². The number of rotatable bonds is 5. The Balaban J connectivity index is 1.75. The Bertz CT molecular complexity index is 463. The SMILES string of the molecule is Cc1nnc(CNCCc2ccncc2)n1C. The second-order valence-electron chi connectivity index (χ2n) is 4.00. The highest BCUT2D eigenvalue weighted by atomic mass is 15.3. The lowest BCUT2D eigenvalue weighted by Crippen LogP contribution is -2.19. The van der Waals surface area contributed by atoms with E-state index in [4.69, 9.17) is 0 Å². The van der Waals surface area contributed by atoms with Crippen LogP contribution in [0.15, 0.2) is 24.5 Å². The topological polar surface area (TPSA) is 55.6 Å². The van der Waals surface area contributed by atoms with E-state index in [1.807, 2.05) is 43.1 Å². The van der Waals surface area contributed by atoms with Crippen molar-refractivity contribution in [3.8, 4) is 0 Å². The van der Waals surface area contributed by atoms with E-state index >= 15 is 0 Å². The smallest absolute Gasteiger partial charge is 0.146 e. The standard InChI is InChI=1S/C12H17N5/c1-10-15-16-12(17(10)2)9-14-8-5-11-3-6-13-7-4-11/h3-4,6-7,14H,5,8-9H2,1-2H3. The maximum atomic E-state index is 4.10. The summed E-state index contributed by atoms with van der Waals surface area (Å²) < 4.78 is 2.00. The molecule has 0 aliphatic rings. The largest absolute Gasteiger partial charge is 0.317 e. The molecule has 2 aromatic heterocycles. The first-order valence-electron chi connectivity index (χ1n) is 5.72. The Kier molecular flexibility index (Phi) is 3.82. The zero-order valence-corrected chi connectivity index (χ0v) is 10.2. The fraction of sp³-hybridized carbons (Fsp3) is 0.417. The molecule has 5 heteroatoms. The van der Waals surface area contributed by atoms with E-state index in [9.17, 15) is 0 Å². The molecular formula is C12H17N5. The van der Waals surface area contributed by atoms with Crippen molar-refractivity contribution in [1.29, 1.82) is 0 Å². The molecule has 0 spiro atoms. The Morgan fingerprint density at radius 3 is 2.65 bits per heavy atom. The third-order valence-corrected chi connectivity index (χ3v) is 2.81. The van der Waals surface area contributed by atoms with E-state index in [1.165, 1.54) is 5.56 Å². The zero-order valence-electron chi connectivity index (χ0n) is 10.2. The average molecular weight is 231 g/mol. The first kappa shape index (κ1) is 11.7. The van der Waals surface area contributed by atoms with E-state index in [2.05, 4.69) is 20.5 Å². The number of hydrogen-bond acceptors (Lipinski definition) is 4. The van der Waals surface area contributed by atoms with Crippen molar-refractivity contribution in [2.75, 3.05) is 6.54 Å². The number of nitrogens with zero attached hydrogens (tertiary/aromatic N) is 4. The summed E-state index contributed by atoms with van der Waals surface area (Å²) in [4.78, 5) is 3.99. The minimum atomic E-state index is 0.752. The van der Waals surface area contributed by atoms with Crippen LogP contribution >= 0.6 is 0 Å². The zero-order chi connectivity index (χ0) is 12.1. The third-order valence-electron chi connectivity index (χ3n) is 2.81. The number of aromatic nitrogens is 4. The quantitative estimate of drug-likeness (QED) is 0.775. The van der Waals surface area contributed by atoms with Gasteiger partial charge in [-0.3, -0.25) is 4.98 Å². The average Bonchev–Trinajstić information content (AvgIpc) is 2.67. The van der Waals surface area contributed by atoms with Gasteiger partial charge in [0.2, 0.25) is 0 Å². The molecule has 0 bridgehead atoms. The third kappa shape index (κ3) is 3.10. The Morgan fingerprint density at radius 2 is 2.00 bits per heavy atom. The molecule has 0 amide bonds. The second kappa shape index (κ2) is 5.54. The Labute approximate surface area is 101 Å². The van der Waals surface area contributed by atoms with Gasteiger partial charge in [-0.15, -0.1) is 10.2 Å². The summed E-state index contributed by atoms with van der Waals surface area (Å²) in [6, 6.07) is 4.07. The van der Waals surface area contributed by atoms with Crippen LogP contribution in [0.3, 0.4) is 0 Å². The summed E-state index contributed by atoms with van der Waals surface area (Å²) in [5.41, 5.74) is 1.29. The van der Waals surface area contributed by atoms with Crippen molar-refractivity contribution in [2.45, 2.75) is 19.9 Å². The minimum absolute atomic E-state index is 0.752. The summed E-state index contributed by atoms with van der Waals surface area (Å²) in [6.07, 6.45) is 4.64. The molecule has 2 aromatic rings. The van der Waals surface area contributed by atoms with Crippen LogP contribution in [0.2, 0.25) is 0 Å². The van der Waals surface area contributed by atoms with Crippen LogP contribution in [0.1, 0.15) is 17.2 Å². The highest BCUT2D eigenvalue weighted by molar-refractivity contribution is 5.09. The van der Waals surface area contributed by atoms with Crippen LogP contribution in [0.5, 0.6) is 0 Å². The molecule has 0 atom stereocenters. The van der Waals surface area contributed by atoms with Gasteiger partial charge in [-0.2, -0.15) is 0 Å². The molecule has 5 nitrogen and oxygen atoms in total. The molecule has 0 aromatic carbocycles. The molecule has 1 N–H and O–H groups in total. The van der Waals surface area contributed by atoms with Gasteiger partial charge in [0.15, 0.2) is 0 Å². The lowest BCUT2D eigenvalue weighted by atomic mass is 10.2. The van der Waals surface area contributed by atoms with Gasteiger partial charge in [0.25, 0.3) is 0 Å². The number of hydrogen-bond donors (Lipinski definition) is 1. The van der Waals surface area contributed by atoms with Gasteiger partial charge < -0.3 is 9.88 Å². The van der Waals surface area contributed by atoms with Gasteiger partial charge in [0, 0.05) is 19.4 Å². The molecule has 0 unspecified atom stereocenters. The predicted octanol–water partition coefficient (Wildman–Crippen LogP) is 0.851.